The largest absolute Gasteiger partial charge is 0.394 e. The van der Waals surface area contributed by atoms with E-state index in [1.807, 2.05) is 86.6 Å². The highest BCUT2D eigenvalue weighted by Crippen LogP contribution is 2.64. The number of anilines is 1. The summed E-state index contributed by atoms with van der Waals surface area (Å²) in [7, 11) is 0. The van der Waals surface area contributed by atoms with Gasteiger partial charge in [-0.15, -0.1) is 13.2 Å². The molecule has 0 aliphatic carbocycles. The smallest absolute Gasteiger partial charge is 0.253 e. The highest BCUT2D eigenvalue weighted by molar-refractivity contribution is 6.34. The Hall–Kier alpha value is -4.24. The molecule has 3 aliphatic heterocycles. The number of hydrogen-bond donors (Lipinski definition) is 1. The van der Waals surface area contributed by atoms with Crippen LogP contribution in [0.25, 0.3) is 0 Å². The van der Waals surface area contributed by atoms with E-state index in [1.165, 1.54) is 4.90 Å². The first-order chi connectivity index (χ1) is 23.1. The molecular weight excluding hydrogens is 626 g/mol. The Balaban J connectivity index is 1.49. The molecule has 0 saturated carbocycles. The fraction of sp³-hybridized carbons (Fsp3) is 0.359. The van der Waals surface area contributed by atoms with Gasteiger partial charge in [-0.3, -0.25) is 14.4 Å². The van der Waals surface area contributed by atoms with Gasteiger partial charge in [0.05, 0.1) is 40.8 Å². The van der Waals surface area contributed by atoms with Gasteiger partial charge in [-0.2, -0.15) is 0 Å². The first kappa shape index (κ1) is 33.7. The molecule has 250 valence electrons. The summed E-state index contributed by atoms with van der Waals surface area (Å²) < 4.78 is 6.95. The van der Waals surface area contributed by atoms with Crippen molar-refractivity contribution >= 4 is 35.0 Å². The molecule has 48 heavy (non-hydrogen) atoms. The molecule has 3 heterocycles. The lowest BCUT2D eigenvalue weighted by Crippen LogP contribution is -2.57. The minimum atomic E-state index is -1.31. The number of halogens is 1. The van der Waals surface area contributed by atoms with E-state index in [1.54, 1.807) is 28.0 Å². The maximum Gasteiger partial charge on any atom is 0.253 e. The van der Waals surface area contributed by atoms with E-state index in [-0.39, 0.29) is 24.9 Å². The van der Waals surface area contributed by atoms with E-state index in [9.17, 15) is 9.90 Å². The Morgan fingerprint density at radius 3 is 2.29 bits per heavy atom. The molecule has 2 bridgehead atoms. The number of aryl methyl sites for hydroxylation is 1. The number of fused-ring (bicyclic) bond motifs is 1. The van der Waals surface area contributed by atoms with Gasteiger partial charge in [-0.25, -0.2) is 0 Å². The van der Waals surface area contributed by atoms with Crippen LogP contribution in [0.5, 0.6) is 0 Å². The van der Waals surface area contributed by atoms with Crippen molar-refractivity contribution in [2.24, 2.45) is 11.8 Å². The number of carbonyl (C=O) groups is 3. The highest BCUT2D eigenvalue weighted by atomic mass is 35.5. The predicted molar refractivity (Wildman–Crippen MR) is 186 cm³/mol. The molecular formula is C39H42ClN3O5. The number of likely N-dealkylation sites (tertiary alicyclic amines) is 1. The van der Waals surface area contributed by atoms with E-state index in [2.05, 4.69) is 13.2 Å². The summed E-state index contributed by atoms with van der Waals surface area (Å²) in [5.74, 6) is -2.81. The number of para-hydroxylation sites is 1. The second-order valence-corrected chi connectivity index (χ2v) is 13.6. The van der Waals surface area contributed by atoms with Crippen molar-refractivity contribution in [2.45, 2.75) is 56.5 Å². The van der Waals surface area contributed by atoms with Crippen LogP contribution in [-0.4, -0.2) is 69.6 Å². The standard InChI is InChI=1S/C39H42ClN3O5/c1-5-22-41(24-27-15-9-7-10-16-27)35(45)31-32-36(46)43(30(25-44)28-17-11-8-12-18-28)34(39(32)21-20-38(31,4)48-39)37(47)42(23-6-2)33-26(3)14-13-19-29(33)40/h5-19,30-32,34,44H,1-2,20-25H2,3-4H3/t30-,31+,32+,34?,38-,39?/m1/s1. The molecule has 3 fully saturated rings. The van der Waals surface area contributed by atoms with Gasteiger partial charge in [-0.05, 0) is 49.4 Å². The summed E-state index contributed by atoms with van der Waals surface area (Å²) >= 11 is 6.73. The number of aliphatic hydroxyl groups excluding tert-OH is 1. The van der Waals surface area contributed by atoms with E-state index in [4.69, 9.17) is 16.3 Å². The molecule has 9 heteroatoms. The molecule has 1 N–H and O–H groups in total. The van der Waals surface area contributed by atoms with Crippen molar-refractivity contribution in [1.82, 2.24) is 9.80 Å². The first-order valence-corrected chi connectivity index (χ1v) is 16.8. The third-order valence-electron chi connectivity index (χ3n) is 10.3. The zero-order valence-corrected chi connectivity index (χ0v) is 28.2. The zero-order valence-electron chi connectivity index (χ0n) is 27.4. The zero-order chi connectivity index (χ0) is 34.2. The molecule has 8 nitrogen and oxygen atoms in total. The van der Waals surface area contributed by atoms with Crippen LogP contribution < -0.4 is 4.90 Å². The Morgan fingerprint density at radius 2 is 1.67 bits per heavy atom. The molecule has 3 aromatic rings. The summed E-state index contributed by atoms with van der Waals surface area (Å²) in [4.78, 5) is 49.7. The molecule has 2 unspecified atom stereocenters. The van der Waals surface area contributed by atoms with Crippen LogP contribution in [0.15, 0.2) is 104 Å². The van der Waals surface area contributed by atoms with Crippen LogP contribution in [0, 0.1) is 18.8 Å². The number of benzene rings is 3. The highest BCUT2D eigenvalue weighted by Gasteiger charge is 2.79. The quantitative estimate of drug-likeness (QED) is 0.244. The van der Waals surface area contributed by atoms with Crippen molar-refractivity contribution in [1.29, 1.82) is 0 Å². The van der Waals surface area contributed by atoms with Crippen LogP contribution in [0.2, 0.25) is 5.02 Å². The molecule has 3 aromatic carbocycles. The molecule has 6 atom stereocenters. The molecule has 3 aliphatic rings. The second-order valence-electron chi connectivity index (χ2n) is 13.2. The number of rotatable bonds is 12. The average molecular weight is 668 g/mol. The molecule has 3 saturated heterocycles. The minimum absolute atomic E-state index is 0.127. The first-order valence-electron chi connectivity index (χ1n) is 16.4. The van der Waals surface area contributed by atoms with Crippen molar-refractivity contribution in [2.75, 3.05) is 24.6 Å². The maximum absolute atomic E-state index is 15.2. The number of nitrogens with zero attached hydrogens (tertiary/aromatic N) is 3. The molecule has 3 amide bonds. The molecule has 1 spiro atoms. The number of aliphatic hydroxyl groups is 1. The average Bonchev–Trinajstić information content (AvgIpc) is 3.65. The van der Waals surface area contributed by atoms with E-state index < -0.39 is 47.6 Å². The third-order valence-corrected chi connectivity index (χ3v) is 10.6. The maximum atomic E-state index is 15.2. The van der Waals surface area contributed by atoms with Crippen LogP contribution in [0.1, 0.15) is 42.5 Å². The van der Waals surface area contributed by atoms with Crippen molar-refractivity contribution in [3.8, 4) is 0 Å². The third kappa shape index (κ3) is 5.46. The Bertz CT molecular complexity index is 1700. The normalized spacial score (nSPS) is 26.2. The summed E-state index contributed by atoms with van der Waals surface area (Å²) in [5, 5.41) is 11.3. The summed E-state index contributed by atoms with van der Waals surface area (Å²) in [6.45, 7) is 11.9. The number of ether oxygens (including phenoxy) is 1. The van der Waals surface area contributed by atoms with Crippen molar-refractivity contribution < 1.29 is 24.2 Å². The lowest BCUT2D eigenvalue weighted by molar-refractivity contribution is -0.152. The van der Waals surface area contributed by atoms with Gasteiger partial charge in [0.15, 0.2) is 0 Å². The monoisotopic (exact) mass is 667 g/mol. The van der Waals surface area contributed by atoms with Gasteiger partial charge < -0.3 is 24.5 Å². The van der Waals surface area contributed by atoms with Crippen molar-refractivity contribution in [3.63, 3.8) is 0 Å². The lowest BCUT2D eigenvalue weighted by atomic mass is 9.66. The predicted octanol–water partition coefficient (Wildman–Crippen LogP) is 5.88. The van der Waals surface area contributed by atoms with E-state index in [0.29, 0.717) is 35.7 Å². The van der Waals surface area contributed by atoms with Gasteiger partial charge in [-0.1, -0.05) is 96.5 Å². The van der Waals surface area contributed by atoms with E-state index in [0.717, 1.165) is 11.1 Å². The minimum Gasteiger partial charge on any atom is -0.394 e. The number of carbonyl (C=O) groups excluding carboxylic acids is 3. The number of amides is 3. The number of hydrogen-bond acceptors (Lipinski definition) is 5. The fourth-order valence-electron chi connectivity index (χ4n) is 8.31. The second kappa shape index (κ2) is 13.3. The van der Waals surface area contributed by atoms with Gasteiger partial charge >= 0.3 is 0 Å². The summed E-state index contributed by atoms with van der Waals surface area (Å²) in [6.07, 6.45) is 4.18. The van der Waals surface area contributed by atoms with Crippen LogP contribution >= 0.6 is 11.6 Å². The summed E-state index contributed by atoms with van der Waals surface area (Å²) in [5.41, 5.74) is 0.622. The van der Waals surface area contributed by atoms with Crippen molar-refractivity contribution in [3.05, 3.63) is 126 Å². The van der Waals surface area contributed by atoms with Gasteiger partial charge in [0.2, 0.25) is 11.8 Å². The van der Waals surface area contributed by atoms with Crippen LogP contribution in [0.4, 0.5) is 5.69 Å². The summed E-state index contributed by atoms with van der Waals surface area (Å²) in [6, 6.07) is 22.3. The van der Waals surface area contributed by atoms with Gasteiger partial charge in [0.25, 0.3) is 5.91 Å². The molecule has 0 aromatic heterocycles. The van der Waals surface area contributed by atoms with Crippen LogP contribution in [0.3, 0.4) is 0 Å². The molecule has 6 rings (SSSR count). The Morgan fingerprint density at radius 1 is 1.00 bits per heavy atom. The van der Waals surface area contributed by atoms with Crippen LogP contribution in [-0.2, 0) is 25.7 Å². The lowest BCUT2D eigenvalue weighted by Gasteiger charge is -2.40. The van der Waals surface area contributed by atoms with E-state index >= 15 is 9.59 Å². The van der Waals surface area contributed by atoms with Gasteiger partial charge in [0, 0.05) is 19.6 Å². The fourth-order valence-corrected chi connectivity index (χ4v) is 8.63. The Kier molecular flexibility index (Phi) is 9.35. The molecule has 0 radical (unpaired) electrons. The topological polar surface area (TPSA) is 90.4 Å². The Labute approximate surface area is 287 Å². The SMILES string of the molecule is C=CCN(Cc1ccccc1)C(=O)[C@@H]1[C@H]2C(=O)N([C@H](CO)c3ccccc3)C(C(=O)N(CC=C)c3c(C)cccc3Cl)C23CC[C@@]1(C)O3. The van der Waals surface area contributed by atoms with Gasteiger partial charge in [0.1, 0.15) is 11.6 Å².